The highest BCUT2D eigenvalue weighted by Crippen LogP contribution is 2.07. The zero-order valence-electron chi connectivity index (χ0n) is 10.7. The summed E-state index contributed by atoms with van der Waals surface area (Å²) in [4.78, 5) is 22.7. The van der Waals surface area contributed by atoms with E-state index in [0.717, 1.165) is 12.1 Å². The number of hydrogen-bond acceptors (Lipinski definition) is 3. The summed E-state index contributed by atoms with van der Waals surface area (Å²) in [6.45, 7) is 3.47. The van der Waals surface area contributed by atoms with Crippen molar-refractivity contribution in [2.24, 2.45) is 0 Å². The number of halogens is 2. The van der Waals surface area contributed by atoms with Crippen LogP contribution in [-0.4, -0.2) is 24.5 Å². The lowest BCUT2D eigenvalue weighted by molar-refractivity contribution is -0.147. The van der Waals surface area contributed by atoms with Crippen molar-refractivity contribution in [3.63, 3.8) is 0 Å². The molecule has 0 bridgehead atoms. The van der Waals surface area contributed by atoms with Gasteiger partial charge in [0.2, 0.25) is 0 Å². The Kier molecular flexibility index (Phi) is 5.41. The Labute approximate surface area is 109 Å². The molecule has 0 spiro atoms. The topological polar surface area (TPSA) is 55.4 Å². The maximum Gasteiger partial charge on any atom is 0.307 e. The van der Waals surface area contributed by atoms with E-state index < -0.39 is 23.5 Å². The van der Waals surface area contributed by atoms with Crippen LogP contribution < -0.4 is 5.32 Å². The van der Waals surface area contributed by atoms with E-state index in [1.54, 1.807) is 13.8 Å². The first-order valence-corrected chi connectivity index (χ1v) is 5.82. The lowest BCUT2D eigenvalue weighted by atomic mass is 10.2. The average molecular weight is 271 g/mol. The number of hydrogen-bond donors (Lipinski definition) is 1. The number of carbonyl (C=O) groups excluding carboxylic acids is 2. The Morgan fingerprint density at radius 3 is 2.32 bits per heavy atom. The van der Waals surface area contributed by atoms with Crippen LogP contribution in [0.2, 0.25) is 0 Å². The number of rotatable bonds is 5. The highest BCUT2D eigenvalue weighted by Gasteiger charge is 2.10. The van der Waals surface area contributed by atoms with Crippen molar-refractivity contribution < 1.29 is 23.1 Å². The fourth-order valence-electron chi connectivity index (χ4n) is 1.39. The van der Waals surface area contributed by atoms with Gasteiger partial charge in [-0.05, 0) is 26.0 Å². The van der Waals surface area contributed by atoms with Crippen molar-refractivity contribution in [1.29, 1.82) is 0 Å². The molecule has 6 heteroatoms. The largest absolute Gasteiger partial charge is 0.463 e. The maximum absolute atomic E-state index is 12.9. The fourth-order valence-corrected chi connectivity index (χ4v) is 1.39. The van der Waals surface area contributed by atoms with E-state index >= 15 is 0 Å². The third kappa shape index (κ3) is 5.46. The van der Waals surface area contributed by atoms with Crippen LogP contribution in [0.5, 0.6) is 0 Å². The zero-order chi connectivity index (χ0) is 14.4. The first-order valence-electron chi connectivity index (χ1n) is 5.82. The van der Waals surface area contributed by atoms with Crippen molar-refractivity contribution in [2.75, 3.05) is 6.54 Å². The van der Waals surface area contributed by atoms with Gasteiger partial charge in [0.25, 0.3) is 5.91 Å². The summed E-state index contributed by atoms with van der Waals surface area (Å²) in [7, 11) is 0. The number of ether oxygens (including phenoxy) is 1. The molecule has 0 aliphatic rings. The van der Waals surface area contributed by atoms with Crippen molar-refractivity contribution in [1.82, 2.24) is 5.32 Å². The third-order valence-electron chi connectivity index (χ3n) is 2.11. The molecule has 0 unspecified atom stereocenters. The summed E-state index contributed by atoms with van der Waals surface area (Å²) < 4.78 is 30.6. The van der Waals surface area contributed by atoms with Gasteiger partial charge in [-0.25, -0.2) is 8.78 Å². The Morgan fingerprint density at radius 2 is 1.79 bits per heavy atom. The van der Waals surface area contributed by atoms with E-state index in [-0.39, 0.29) is 24.6 Å². The number of amides is 1. The number of esters is 1. The van der Waals surface area contributed by atoms with Crippen molar-refractivity contribution in [2.45, 2.75) is 26.4 Å². The van der Waals surface area contributed by atoms with Gasteiger partial charge in [-0.2, -0.15) is 0 Å². The van der Waals surface area contributed by atoms with E-state index in [0.29, 0.717) is 6.07 Å². The summed E-state index contributed by atoms with van der Waals surface area (Å²) in [6.07, 6.45) is -0.220. The smallest absolute Gasteiger partial charge is 0.307 e. The molecular weight excluding hydrogens is 256 g/mol. The summed E-state index contributed by atoms with van der Waals surface area (Å²) in [5.74, 6) is -2.75. The summed E-state index contributed by atoms with van der Waals surface area (Å²) in [6, 6.07) is 2.52. The summed E-state index contributed by atoms with van der Waals surface area (Å²) in [5.41, 5.74) is -0.130. The van der Waals surface area contributed by atoms with Crippen LogP contribution in [0.25, 0.3) is 0 Å². The van der Waals surface area contributed by atoms with Gasteiger partial charge in [0.1, 0.15) is 11.6 Å². The number of nitrogens with one attached hydrogen (secondary N) is 1. The second kappa shape index (κ2) is 6.82. The Balaban J connectivity index is 2.45. The second-order valence-corrected chi connectivity index (χ2v) is 4.20. The molecule has 1 aromatic rings. The van der Waals surface area contributed by atoms with E-state index in [2.05, 4.69) is 5.32 Å². The first-order chi connectivity index (χ1) is 8.88. The molecule has 104 valence electrons. The minimum atomic E-state index is -0.829. The van der Waals surface area contributed by atoms with E-state index in [1.807, 2.05) is 0 Å². The molecule has 4 nitrogen and oxygen atoms in total. The van der Waals surface area contributed by atoms with Crippen molar-refractivity contribution in [3.05, 3.63) is 35.4 Å². The lowest BCUT2D eigenvalue weighted by Crippen LogP contribution is -2.27. The van der Waals surface area contributed by atoms with Gasteiger partial charge in [-0.3, -0.25) is 9.59 Å². The fraction of sp³-hybridized carbons (Fsp3) is 0.385. The van der Waals surface area contributed by atoms with E-state index in [1.165, 1.54) is 0 Å². The second-order valence-electron chi connectivity index (χ2n) is 4.20. The van der Waals surface area contributed by atoms with Crippen LogP contribution in [0, 0.1) is 11.6 Å². The summed E-state index contributed by atoms with van der Waals surface area (Å²) >= 11 is 0. The molecular formula is C13H15F2NO3. The molecule has 0 aliphatic carbocycles. The van der Waals surface area contributed by atoms with E-state index in [9.17, 15) is 18.4 Å². The average Bonchev–Trinajstić information content (AvgIpc) is 2.26. The van der Waals surface area contributed by atoms with Gasteiger partial charge in [0, 0.05) is 18.2 Å². The standard InChI is InChI=1S/C13H15F2NO3/c1-8(2)19-12(17)3-4-16-13(18)9-5-10(14)7-11(15)6-9/h5-8H,3-4H2,1-2H3,(H,16,18). The summed E-state index contributed by atoms with van der Waals surface area (Å²) in [5, 5.41) is 2.38. The van der Waals surface area contributed by atoms with Gasteiger partial charge in [-0.15, -0.1) is 0 Å². The van der Waals surface area contributed by atoms with Crippen molar-refractivity contribution in [3.8, 4) is 0 Å². The molecule has 0 radical (unpaired) electrons. The van der Waals surface area contributed by atoms with Crippen LogP contribution >= 0.6 is 0 Å². The van der Waals surface area contributed by atoms with Gasteiger partial charge in [0.05, 0.1) is 12.5 Å². The Bertz CT molecular complexity index is 455. The molecule has 0 aromatic heterocycles. The molecule has 0 heterocycles. The molecule has 1 N–H and O–H groups in total. The van der Waals surface area contributed by atoms with Crippen LogP contribution in [-0.2, 0) is 9.53 Å². The predicted molar refractivity (Wildman–Crippen MR) is 64.5 cm³/mol. The van der Waals surface area contributed by atoms with Gasteiger partial charge in [-0.1, -0.05) is 0 Å². The molecule has 1 amide bonds. The molecule has 0 fully saturated rings. The third-order valence-corrected chi connectivity index (χ3v) is 2.11. The van der Waals surface area contributed by atoms with Crippen LogP contribution in [0.4, 0.5) is 8.78 Å². The highest BCUT2D eigenvalue weighted by molar-refractivity contribution is 5.94. The Hall–Kier alpha value is -1.98. The predicted octanol–water partition coefficient (Wildman–Crippen LogP) is 2.04. The quantitative estimate of drug-likeness (QED) is 0.834. The van der Waals surface area contributed by atoms with Gasteiger partial charge >= 0.3 is 5.97 Å². The highest BCUT2D eigenvalue weighted by atomic mass is 19.1. The van der Waals surface area contributed by atoms with Gasteiger partial charge in [0.15, 0.2) is 0 Å². The van der Waals surface area contributed by atoms with Crippen LogP contribution in [0.15, 0.2) is 18.2 Å². The van der Waals surface area contributed by atoms with E-state index in [4.69, 9.17) is 4.74 Å². The maximum atomic E-state index is 12.9. The lowest BCUT2D eigenvalue weighted by Gasteiger charge is -2.08. The number of carbonyl (C=O) groups is 2. The van der Waals surface area contributed by atoms with Crippen LogP contribution in [0.1, 0.15) is 30.6 Å². The minimum absolute atomic E-state index is 0.00170. The zero-order valence-corrected chi connectivity index (χ0v) is 10.7. The molecule has 0 saturated heterocycles. The molecule has 0 saturated carbocycles. The molecule has 0 atom stereocenters. The molecule has 1 rings (SSSR count). The first kappa shape index (κ1) is 15.1. The van der Waals surface area contributed by atoms with Gasteiger partial charge < -0.3 is 10.1 Å². The molecule has 1 aromatic carbocycles. The number of benzene rings is 1. The Morgan fingerprint density at radius 1 is 1.21 bits per heavy atom. The molecule has 19 heavy (non-hydrogen) atoms. The van der Waals surface area contributed by atoms with Crippen LogP contribution in [0.3, 0.4) is 0 Å². The monoisotopic (exact) mass is 271 g/mol. The normalized spacial score (nSPS) is 10.4. The minimum Gasteiger partial charge on any atom is -0.463 e. The SMILES string of the molecule is CC(C)OC(=O)CCNC(=O)c1cc(F)cc(F)c1. The molecule has 0 aliphatic heterocycles. The van der Waals surface area contributed by atoms with Crippen molar-refractivity contribution >= 4 is 11.9 Å².